The molecule has 0 spiro atoms. The van der Waals surface area contributed by atoms with E-state index in [0.717, 1.165) is 35.4 Å². The highest BCUT2D eigenvalue weighted by Gasteiger charge is 2.30. The zero-order valence-electron chi connectivity index (χ0n) is 11.1. The highest BCUT2D eigenvalue weighted by molar-refractivity contribution is 9.10. The van der Waals surface area contributed by atoms with Crippen molar-refractivity contribution in [2.24, 2.45) is 0 Å². The molecule has 0 atom stereocenters. The van der Waals surface area contributed by atoms with Crippen molar-refractivity contribution in [3.8, 4) is 5.75 Å². The van der Waals surface area contributed by atoms with Gasteiger partial charge in [-0.25, -0.2) is 0 Å². The standard InChI is InChI=1S/C14H20BrNO2/c1-4-18-12-7-11(8-12)16-14-9(2)5-10(15)6-13(14)17-3/h5-6,11-12,16H,4,7-8H2,1-3H3. The van der Waals surface area contributed by atoms with E-state index in [1.165, 1.54) is 5.56 Å². The number of halogens is 1. The van der Waals surface area contributed by atoms with Crippen LogP contribution in [0.5, 0.6) is 5.75 Å². The number of hydrogen-bond donors (Lipinski definition) is 1. The normalized spacial score (nSPS) is 22.4. The number of rotatable bonds is 5. The molecule has 0 radical (unpaired) electrons. The fraction of sp³-hybridized carbons (Fsp3) is 0.571. The first kappa shape index (κ1) is 13.7. The zero-order chi connectivity index (χ0) is 13.1. The van der Waals surface area contributed by atoms with E-state index < -0.39 is 0 Å². The Morgan fingerprint density at radius 2 is 2.11 bits per heavy atom. The molecule has 18 heavy (non-hydrogen) atoms. The molecule has 1 fully saturated rings. The maximum Gasteiger partial charge on any atom is 0.143 e. The summed E-state index contributed by atoms with van der Waals surface area (Å²) in [6.45, 7) is 4.94. The van der Waals surface area contributed by atoms with E-state index in [1.807, 2.05) is 13.0 Å². The van der Waals surface area contributed by atoms with Gasteiger partial charge >= 0.3 is 0 Å². The van der Waals surface area contributed by atoms with Crippen molar-refractivity contribution in [3.05, 3.63) is 22.2 Å². The molecule has 0 aliphatic heterocycles. The fourth-order valence-electron chi connectivity index (χ4n) is 2.32. The number of benzene rings is 1. The van der Waals surface area contributed by atoms with Crippen LogP contribution in [0.1, 0.15) is 25.3 Å². The van der Waals surface area contributed by atoms with Crippen LogP contribution in [0, 0.1) is 6.92 Å². The lowest BCUT2D eigenvalue weighted by Gasteiger charge is -2.36. The highest BCUT2D eigenvalue weighted by Crippen LogP contribution is 2.35. The molecule has 3 nitrogen and oxygen atoms in total. The molecule has 1 aromatic carbocycles. The summed E-state index contributed by atoms with van der Waals surface area (Å²) in [6, 6.07) is 4.59. The molecule has 2 rings (SSSR count). The molecule has 1 N–H and O–H groups in total. The average Bonchev–Trinajstić information content (AvgIpc) is 2.28. The molecule has 0 unspecified atom stereocenters. The minimum atomic E-state index is 0.425. The van der Waals surface area contributed by atoms with Crippen LogP contribution in [-0.4, -0.2) is 25.9 Å². The van der Waals surface area contributed by atoms with Crippen molar-refractivity contribution in [2.45, 2.75) is 38.8 Å². The molecule has 0 bridgehead atoms. The zero-order valence-corrected chi connectivity index (χ0v) is 12.7. The maximum absolute atomic E-state index is 5.57. The van der Waals surface area contributed by atoms with Crippen molar-refractivity contribution in [2.75, 3.05) is 19.0 Å². The third kappa shape index (κ3) is 2.98. The van der Waals surface area contributed by atoms with E-state index in [0.29, 0.717) is 12.1 Å². The van der Waals surface area contributed by atoms with Crippen LogP contribution in [0.2, 0.25) is 0 Å². The van der Waals surface area contributed by atoms with Gasteiger partial charge in [0.05, 0.1) is 18.9 Å². The summed E-state index contributed by atoms with van der Waals surface area (Å²) in [5, 5.41) is 3.56. The Morgan fingerprint density at radius 3 is 2.72 bits per heavy atom. The molecule has 100 valence electrons. The molecule has 0 aromatic heterocycles. The second-order valence-corrected chi connectivity index (χ2v) is 5.61. The number of ether oxygens (including phenoxy) is 2. The van der Waals surface area contributed by atoms with Gasteiger partial charge in [0.15, 0.2) is 0 Å². The van der Waals surface area contributed by atoms with Gasteiger partial charge in [0.25, 0.3) is 0 Å². The Hall–Kier alpha value is -0.740. The van der Waals surface area contributed by atoms with Crippen LogP contribution in [0.3, 0.4) is 0 Å². The first-order valence-electron chi connectivity index (χ1n) is 6.36. The van der Waals surface area contributed by atoms with Gasteiger partial charge in [0.2, 0.25) is 0 Å². The summed E-state index contributed by atoms with van der Waals surface area (Å²) in [4.78, 5) is 0. The lowest BCUT2D eigenvalue weighted by molar-refractivity contribution is 0.00294. The van der Waals surface area contributed by atoms with Gasteiger partial charge < -0.3 is 14.8 Å². The van der Waals surface area contributed by atoms with Gasteiger partial charge in [-0.2, -0.15) is 0 Å². The monoisotopic (exact) mass is 313 g/mol. The predicted octanol–water partition coefficient (Wildman–Crippen LogP) is 3.75. The van der Waals surface area contributed by atoms with E-state index in [2.05, 4.69) is 34.2 Å². The molecule has 1 aliphatic carbocycles. The number of methoxy groups -OCH3 is 1. The molecule has 0 heterocycles. The van der Waals surface area contributed by atoms with Gasteiger partial charge in [0, 0.05) is 17.1 Å². The van der Waals surface area contributed by atoms with Crippen LogP contribution >= 0.6 is 15.9 Å². The summed E-state index contributed by atoms with van der Waals surface area (Å²) in [5.41, 5.74) is 2.29. The molecule has 0 amide bonds. The van der Waals surface area contributed by atoms with Gasteiger partial charge in [-0.3, -0.25) is 0 Å². The summed E-state index contributed by atoms with van der Waals surface area (Å²) < 4.78 is 12.0. The largest absolute Gasteiger partial charge is 0.495 e. The van der Waals surface area contributed by atoms with Gasteiger partial charge in [-0.1, -0.05) is 15.9 Å². The first-order chi connectivity index (χ1) is 8.63. The second-order valence-electron chi connectivity index (χ2n) is 4.69. The van der Waals surface area contributed by atoms with E-state index in [9.17, 15) is 0 Å². The lowest BCUT2D eigenvalue weighted by Crippen LogP contribution is -2.41. The van der Waals surface area contributed by atoms with Crippen molar-refractivity contribution in [1.82, 2.24) is 0 Å². The number of hydrogen-bond acceptors (Lipinski definition) is 3. The Bertz CT molecular complexity index is 417. The average molecular weight is 314 g/mol. The molecule has 1 aliphatic rings. The Morgan fingerprint density at radius 1 is 1.39 bits per heavy atom. The van der Waals surface area contributed by atoms with E-state index in [1.54, 1.807) is 7.11 Å². The number of anilines is 1. The van der Waals surface area contributed by atoms with Gasteiger partial charge in [-0.15, -0.1) is 0 Å². The molecular formula is C14H20BrNO2. The van der Waals surface area contributed by atoms with Crippen molar-refractivity contribution >= 4 is 21.6 Å². The van der Waals surface area contributed by atoms with Crippen LogP contribution in [-0.2, 0) is 4.74 Å². The third-order valence-corrected chi connectivity index (χ3v) is 3.79. The molecular weight excluding hydrogens is 294 g/mol. The van der Waals surface area contributed by atoms with E-state index >= 15 is 0 Å². The number of aryl methyl sites for hydroxylation is 1. The molecule has 0 saturated heterocycles. The Labute approximate surface area is 117 Å². The van der Waals surface area contributed by atoms with Crippen LogP contribution in [0.15, 0.2) is 16.6 Å². The SMILES string of the molecule is CCOC1CC(Nc2c(C)cc(Br)cc2OC)C1. The van der Waals surface area contributed by atoms with Crippen molar-refractivity contribution in [1.29, 1.82) is 0 Å². The van der Waals surface area contributed by atoms with Crippen LogP contribution in [0.4, 0.5) is 5.69 Å². The topological polar surface area (TPSA) is 30.5 Å². The summed E-state index contributed by atoms with van der Waals surface area (Å²) in [7, 11) is 1.70. The predicted molar refractivity (Wildman–Crippen MR) is 77.5 cm³/mol. The Kier molecular flexibility index (Phi) is 4.51. The summed E-state index contributed by atoms with van der Waals surface area (Å²) in [6.07, 6.45) is 2.58. The van der Waals surface area contributed by atoms with Gasteiger partial charge in [0.1, 0.15) is 5.75 Å². The quantitative estimate of drug-likeness (QED) is 0.898. The minimum absolute atomic E-state index is 0.425. The molecule has 1 aromatic rings. The maximum atomic E-state index is 5.57. The van der Waals surface area contributed by atoms with Crippen molar-refractivity contribution < 1.29 is 9.47 Å². The summed E-state index contributed by atoms with van der Waals surface area (Å²) >= 11 is 3.49. The first-order valence-corrected chi connectivity index (χ1v) is 7.15. The van der Waals surface area contributed by atoms with Gasteiger partial charge in [-0.05, 0) is 44.4 Å². The van der Waals surface area contributed by atoms with Crippen molar-refractivity contribution in [3.63, 3.8) is 0 Å². The van der Waals surface area contributed by atoms with Crippen LogP contribution < -0.4 is 10.1 Å². The number of nitrogens with one attached hydrogen (secondary N) is 1. The summed E-state index contributed by atoms with van der Waals surface area (Å²) in [5.74, 6) is 0.890. The van der Waals surface area contributed by atoms with E-state index in [-0.39, 0.29) is 0 Å². The highest BCUT2D eigenvalue weighted by atomic mass is 79.9. The minimum Gasteiger partial charge on any atom is -0.495 e. The van der Waals surface area contributed by atoms with Crippen LogP contribution in [0.25, 0.3) is 0 Å². The fourth-order valence-corrected chi connectivity index (χ4v) is 2.87. The smallest absolute Gasteiger partial charge is 0.143 e. The lowest BCUT2D eigenvalue weighted by atomic mass is 9.88. The second kappa shape index (κ2) is 5.93. The van der Waals surface area contributed by atoms with E-state index in [4.69, 9.17) is 9.47 Å². The Balaban J connectivity index is 2.02. The molecule has 1 saturated carbocycles. The third-order valence-electron chi connectivity index (χ3n) is 3.33. The molecule has 4 heteroatoms.